The summed E-state index contributed by atoms with van der Waals surface area (Å²) in [5.74, 6) is 1.31. The smallest absolute Gasteiger partial charge is 0.226 e. The van der Waals surface area contributed by atoms with E-state index in [9.17, 15) is 0 Å². The van der Waals surface area contributed by atoms with E-state index in [2.05, 4.69) is 25.7 Å². The predicted molar refractivity (Wildman–Crippen MR) is 97.0 cm³/mol. The highest BCUT2D eigenvalue weighted by Crippen LogP contribution is 2.34. The number of hydrogen-bond donors (Lipinski definition) is 0. The Kier molecular flexibility index (Phi) is 4.93. The second-order valence-electron chi connectivity index (χ2n) is 5.36. The second kappa shape index (κ2) is 7.65. The Morgan fingerprint density at radius 3 is 2.15 bits per heavy atom. The fourth-order valence-electron chi connectivity index (χ4n) is 2.21. The van der Waals surface area contributed by atoms with E-state index in [1.165, 1.54) is 24.5 Å². The van der Waals surface area contributed by atoms with Gasteiger partial charge in [0.1, 0.15) is 17.8 Å². The molecule has 7 heteroatoms. The van der Waals surface area contributed by atoms with Crippen LogP contribution in [0.25, 0.3) is 9.69 Å². The summed E-state index contributed by atoms with van der Waals surface area (Å²) in [5, 5.41) is 9.11. The van der Waals surface area contributed by atoms with Crippen molar-refractivity contribution in [3.8, 4) is 29.3 Å². The monoisotopic (exact) mass is 353 g/mol. The van der Waals surface area contributed by atoms with Crippen LogP contribution in [0.15, 0.2) is 48.8 Å². The van der Waals surface area contributed by atoms with Crippen molar-refractivity contribution in [2.75, 3.05) is 0 Å². The lowest BCUT2D eigenvalue weighted by Gasteiger charge is -2.09. The predicted octanol–water partition coefficient (Wildman–Crippen LogP) is 5.34. The summed E-state index contributed by atoms with van der Waals surface area (Å²) >= 11 is 0. The maximum atomic E-state index is 9.11. The van der Waals surface area contributed by atoms with E-state index in [0.717, 1.165) is 5.56 Å². The van der Waals surface area contributed by atoms with Crippen molar-refractivity contribution in [1.82, 2.24) is 9.97 Å². The van der Waals surface area contributed by atoms with Crippen molar-refractivity contribution < 1.29 is 9.47 Å². The zero-order valence-corrected chi connectivity index (χ0v) is 14.2. The molecule has 0 radical (unpaired) electrons. The molecular formula is C20H11N5O2. The van der Waals surface area contributed by atoms with Gasteiger partial charge in [-0.1, -0.05) is 12.1 Å². The van der Waals surface area contributed by atoms with Gasteiger partial charge in [-0.25, -0.2) is 14.8 Å². The van der Waals surface area contributed by atoms with E-state index in [1.54, 1.807) is 24.3 Å². The molecule has 0 aliphatic carbocycles. The quantitative estimate of drug-likeness (QED) is 0.591. The van der Waals surface area contributed by atoms with Gasteiger partial charge in [0.2, 0.25) is 11.8 Å². The van der Waals surface area contributed by atoms with Crippen molar-refractivity contribution in [2.24, 2.45) is 0 Å². The Labute approximate surface area is 155 Å². The van der Waals surface area contributed by atoms with Crippen molar-refractivity contribution in [1.29, 1.82) is 5.26 Å². The molecule has 128 valence electrons. The maximum Gasteiger partial charge on any atom is 0.226 e. The zero-order valence-electron chi connectivity index (χ0n) is 14.2. The number of ether oxygens (including phenoxy) is 2. The van der Waals surface area contributed by atoms with Crippen LogP contribution in [0.3, 0.4) is 0 Å². The summed E-state index contributed by atoms with van der Waals surface area (Å²) in [6, 6.07) is 13.3. The molecule has 7 nitrogen and oxygen atoms in total. The van der Waals surface area contributed by atoms with Gasteiger partial charge in [-0.15, -0.1) is 0 Å². The van der Waals surface area contributed by atoms with Crippen LogP contribution >= 0.6 is 0 Å². The molecular weight excluding hydrogens is 342 g/mol. The number of rotatable bonds is 4. The molecule has 0 atom stereocenters. The van der Waals surface area contributed by atoms with Gasteiger partial charge in [0.15, 0.2) is 11.4 Å². The molecule has 0 spiro atoms. The largest absolute Gasteiger partial charge is 0.440 e. The third-order valence-corrected chi connectivity index (χ3v) is 3.58. The first kappa shape index (κ1) is 17.4. The molecule has 0 aliphatic heterocycles. The van der Waals surface area contributed by atoms with Gasteiger partial charge >= 0.3 is 0 Å². The minimum Gasteiger partial charge on any atom is -0.440 e. The average molecular weight is 353 g/mol. The Balaban J connectivity index is 1.81. The number of nitriles is 1. The summed E-state index contributed by atoms with van der Waals surface area (Å²) in [4.78, 5) is 14.6. The molecule has 2 aromatic carbocycles. The van der Waals surface area contributed by atoms with Crippen LogP contribution in [0.5, 0.6) is 23.3 Å². The summed E-state index contributed by atoms with van der Waals surface area (Å²) < 4.78 is 11.3. The summed E-state index contributed by atoms with van der Waals surface area (Å²) in [6.07, 6.45) is 1.29. The van der Waals surface area contributed by atoms with Gasteiger partial charge in [0, 0.05) is 0 Å². The molecule has 0 amide bonds. The number of aryl methyl sites for hydroxylation is 1. The summed E-state index contributed by atoms with van der Waals surface area (Å²) in [5.41, 5.74) is 1.84. The Hall–Kier alpha value is -4.41. The molecule has 0 saturated carbocycles. The van der Waals surface area contributed by atoms with Gasteiger partial charge in [-0.2, -0.15) is 5.26 Å². The van der Waals surface area contributed by atoms with E-state index in [0.29, 0.717) is 17.1 Å². The van der Waals surface area contributed by atoms with Gasteiger partial charge in [-0.3, -0.25) is 4.85 Å². The van der Waals surface area contributed by atoms with Crippen molar-refractivity contribution >= 4 is 11.4 Å². The van der Waals surface area contributed by atoms with Crippen molar-refractivity contribution in [2.45, 2.75) is 6.92 Å². The van der Waals surface area contributed by atoms with E-state index in [-0.39, 0.29) is 23.1 Å². The molecule has 0 N–H and O–H groups in total. The second-order valence-corrected chi connectivity index (χ2v) is 5.36. The number of benzene rings is 2. The van der Waals surface area contributed by atoms with E-state index < -0.39 is 0 Å². The number of aromatic nitrogens is 2. The zero-order chi connectivity index (χ0) is 19.2. The lowest BCUT2D eigenvalue weighted by molar-refractivity contribution is 0.433. The minimum absolute atomic E-state index is 0.205. The van der Waals surface area contributed by atoms with Crippen LogP contribution in [0, 0.1) is 31.4 Å². The van der Waals surface area contributed by atoms with E-state index >= 15 is 0 Å². The lowest BCUT2D eigenvalue weighted by Crippen LogP contribution is -1.93. The molecule has 0 fully saturated rings. The molecule has 3 rings (SSSR count). The van der Waals surface area contributed by atoms with Gasteiger partial charge in [-0.05, 0) is 36.8 Å². The Morgan fingerprint density at radius 1 is 0.889 bits per heavy atom. The Bertz CT molecular complexity index is 1140. The minimum atomic E-state index is 0.205. The first-order valence-corrected chi connectivity index (χ1v) is 7.70. The number of hydrogen-bond acceptors (Lipinski definition) is 5. The van der Waals surface area contributed by atoms with Crippen molar-refractivity contribution in [3.63, 3.8) is 0 Å². The molecule has 27 heavy (non-hydrogen) atoms. The SMILES string of the molecule is [C-]#[N+]c1ccc(Oc2cc(Oc3ccc(C)c(C#N)c3)ncn2)cc1[N+]#[C-]. The third kappa shape index (κ3) is 3.99. The van der Waals surface area contributed by atoms with Crippen LogP contribution < -0.4 is 9.47 Å². The highest BCUT2D eigenvalue weighted by Gasteiger charge is 2.08. The standard InChI is InChI=1S/C20H11N5O2/c1-13-4-5-15(8-14(13)11-21)26-19-10-20(25-12-24-19)27-16-6-7-17(22-2)18(9-16)23-3/h4-10,12H,1H3. The molecule has 0 unspecified atom stereocenters. The molecule has 0 aliphatic rings. The molecule has 1 heterocycles. The number of nitrogens with zero attached hydrogens (tertiary/aromatic N) is 5. The fourth-order valence-corrected chi connectivity index (χ4v) is 2.21. The third-order valence-electron chi connectivity index (χ3n) is 3.58. The van der Waals surface area contributed by atoms with Crippen molar-refractivity contribution in [3.05, 3.63) is 82.8 Å². The van der Waals surface area contributed by atoms with Gasteiger partial charge in [0.05, 0.1) is 30.8 Å². The van der Waals surface area contributed by atoms with Crippen LogP contribution in [0.4, 0.5) is 11.4 Å². The first-order valence-electron chi connectivity index (χ1n) is 7.70. The highest BCUT2D eigenvalue weighted by molar-refractivity contribution is 5.72. The molecule has 0 bridgehead atoms. The maximum absolute atomic E-state index is 9.11. The van der Waals surface area contributed by atoms with E-state index in [4.69, 9.17) is 27.9 Å². The summed E-state index contributed by atoms with van der Waals surface area (Å²) in [6.45, 7) is 16.0. The van der Waals surface area contributed by atoms with E-state index in [1.807, 2.05) is 6.92 Å². The fraction of sp³-hybridized carbons (Fsp3) is 0.0500. The lowest BCUT2D eigenvalue weighted by atomic mass is 10.1. The molecule has 3 aromatic rings. The topological polar surface area (TPSA) is 76.8 Å². The van der Waals surface area contributed by atoms with Gasteiger partial charge in [0.25, 0.3) is 0 Å². The Morgan fingerprint density at radius 2 is 1.52 bits per heavy atom. The average Bonchev–Trinajstić information content (AvgIpc) is 2.69. The van der Waals surface area contributed by atoms with Crippen LogP contribution in [0.1, 0.15) is 11.1 Å². The summed E-state index contributed by atoms with van der Waals surface area (Å²) in [7, 11) is 0. The normalized spacial score (nSPS) is 9.56. The first-order chi connectivity index (χ1) is 13.1. The molecule has 0 saturated heterocycles. The molecule has 1 aromatic heterocycles. The van der Waals surface area contributed by atoms with Gasteiger partial charge < -0.3 is 9.47 Å². The van der Waals surface area contributed by atoms with Crippen LogP contribution in [-0.2, 0) is 0 Å². The van der Waals surface area contributed by atoms with Crippen LogP contribution in [-0.4, -0.2) is 9.97 Å². The highest BCUT2D eigenvalue weighted by atomic mass is 16.5. The van der Waals surface area contributed by atoms with Crippen LogP contribution in [0.2, 0.25) is 0 Å².